The smallest absolute Gasteiger partial charge is 0.0598 e. The van der Waals surface area contributed by atoms with Gasteiger partial charge >= 0.3 is 0 Å². The lowest BCUT2D eigenvalue weighted by molar-refractivity contribution is 0.467. The van der Waals surface area contributed by atoms with E-state index in [0.29, 0.717) is 0 Å². The van der Waals surface area contributed by atoms with Crippen molar-refractivity contribution >= 4 is 23.1 Å². The van der Waals surface area contributed by atoms with E-state index >= 15 is 0 Å². The van der Waals surface area contributed by atoms with E-state index in [4.69, 9.17) is 11.6 Å². The van der Waals surface area contributed by atoms with Gasteiger partial charge in [0.2, 0.25) is 0 Å². The van der Waals surface area contributed by atoms with Crippen LogP contribution in [0.1, 0.15) is 32.9 Å². The molecule has 1 aromatic heterocycles. The normalized spacial score (nSPS) is 14.7. The molecule has 0 N–H and O–H groups in total. The van der Waals surface area contributed by atoms with Crippen LogP contribution in [0.2, 0.25) is 0 Å². The Hall–Kier alpha value is -0.0800. The lowest BCUT2D eigenvalue weighted by Crippen LogP contribution is -2.21. The number of nitrogens with zero attached hydrogens (tertiary/aromatic N) is 1. The lowest BCUT2D eigenvalue weighted by Gasteiger charge is -2.23. The molecule has 0 spiro atoms. The number of hydrogen-bond donors (Lipinski definition) is 0. The Labute approximate surface area is 82.9 Å². The highest BCUT2D eigenvalue weighted by Crippen LogP contribution is 2.29. The molecule has 0 radical (unpaired) electrons. The summed E-state index contributed by atoms with van der Waals surface area (Å²) >= 11 is 7.46. The molecule has 1 aromatic rings. The van der Waals surface area contributed by atoms with Gasteiger partial charge in [0, 0.05) is 16.2 Å². The van der Waals surface area contributed by atoms with Crippen LogP contribution in [-0.2, 0) is 5.41 Å². The first-order chi connectivity index (χ1) is 5.52. The van der Waals surface area contributed by atoms with Crippen molar-refractivity contribution in [3.05, 3.63) is 17.1 Å². The minimum atomic E-state index is 0.112. The second-order valence-corrected chi connectivity index (χ2v) is 5.16. The van der Waals surface area contributed by atoms with Gasteiger partial charge < -0.3 is 0 Å². The molecular formula is C9H14ClNS. The van der Waals surface area contributed by atoms with Crippen molar-refractivity contribution in [2.45, 2.75) is 38.0 Å². The molecule has 12 heavy (non-hydrogen) atoms. The summed E-state index contributed by atoms with van der Waals surface area (Å²) in [4.78, 5) is 0. The Morgan fingerprint density at radius 2 is 2.33 bits per heavy atom. The number of halogens is 1. The predicted octanol–water partition coefficient (Wildman–Crippen LogP) is 3.44. The molecule has 3 heteroatoms. The van der Waals surface area contributed by atoms with Crippen molar-refractivity contribution in [1.29, 1.82) is 0 Å². The Balaban J connectivity index is 2.72. The summed E-state index contributed by atoms with van der Waals surface area (Å²) in [7, 11) is 0. The van der Waals surface area contributed by atoms with Gasteiger partial charge in [-0.3, -0.25) is 0 Å². The Morgan fingerprint density at radius 1 is 1.67 bits per heavy atom. The molecule has 0 aliphatic heterocycles. The number of rotatable bonds is 3. The van der Waals surface area contributed by atoms with Crippen molar-refractivity contribution < 1.29 is 0 Å². The fraction of sp³-hybridized carbons (Fsp3) is 0.667. The molecule has 0 saturated carbocycles. The first-order valence-electron chi connectivity index (χ1n) is 4.07. The van der Waals surface area contributed by atoms with Gasteiger partial charge in [-0.05, 0) is 30.9 Å². The van der Waals surface area contributed by atoms with E-state index in [2.05, 4.69) is 24.3 Å². The zero-order valence-corrected chi connectivity index (χ0v) is 9.25. The summed E-state index contributed by atoms with van der Waals surface area (Å²) in [5, 5.41) is 2.22. The van der Waals surface area contributed by atoms with Crippen molar-refractivity contribution in [2.75, 3.05) is 0 Å². The van der Waals surface area contributed by atoms with E-state index in [9.17, 15) is 0 Å². The van der Waals surface area contributed by atoms with E-state index in [0.717, 1.165) is 12.1 Å². The summed E-state index contributed by atoms with van der Waals surface area (Å²) in [6.45, 7) is 6.39. The number of alkyl halides is 1. The fourth-order valence-electron chi connectivity index (χ4n) is 1.37. The van der Waals surface area contributed by atoms with Crippen LogP contribution in [0.25, 0.3) is 0 Å². The molecule has 1 unspecified atom stereocenters. The minimum absolute atomic E-state index is 0.112. The molecule has 1 nitrogen and oxygen atoms in total. The summed E-state index contributed by atoms with van der Waals surface area (Å²) in [5.41, 5.74) is 1.27. The lowest BCUT2D eigenvalue weighted by atomic mass is 9.85. The SMILES string of the molecule is CC(Cl)CC(C)(C)c1ccsn1. The van der Waals surface area contributed by atoms with Gasteiger partial charge in [0.05, 0.1) is 5.69 Å². The van der Waals surface area contributed by atoms with E-state index in [1.54, 1.807) is 0 Å². The van der Waals surface area contributed by atoms with Crippen LogP contribution in [-0.4, -0.2) is 9.75 Å². The van der Waals surface area contributed by atoms with E-state index in [1.165, 1.54) is 11.5 Å². The first kappa shape index (κ1) is 10.0. The molecule has 0 bridgehead atoms. The summed E-state index contributed by atoms with van der Waals surface area (Å²) in [5.74, 6) is 0. The second kappa shape index (κ2) is 3.75. The quantitative estimate of drug-likeness (QED) is 0.686. The maximum Gasteiger partial charge on any atom is 0.0598 e. The number of hydrogen-bond acceptors (Lipinski definition) is 2. The van der Waals surface area contributed by atoms with Crippen molar-refractivity contribution in [3.63, 3.8) is 0 Å². The third-order valence-corrected chi connectivity index (χ3v) is 2.64. The molecule has 0 fully saturated rings. The average molecular weight is 204 g/mol. The molecule has 68 valence electrons. The van der Waals surface area contributed by atoms with Gasteiger partial charge in [-0.25, -0.2) is 0 Å². The molecule has 0 amide bonds. The molecule has 1 rings (SSSR count). The van der Waals surface area contributed by atoms with E-state index in [1.807, 2.05) is 12.3 Å². The highest BCUT2D eigenvalue weighted by atomic mass is 35.5. The highest BCUT2D eigenvalue weighted by Gasteiger charge is 2.24. The molecule has 1 heterocycles. The fourth-order valence-corrected chi connectivity index (χ4v) is 2.43. The largest absolute Gasteiger partial charge is 0.197 e. The van der Waals surface area contributed by atoms with Crippen LogP contribution in [0.4, 0.5) is 0 Å². The maximum atomic E-state index is 5.95. The molecule has 0 aromatic carbocycles. The average Bonchev–Trinajstić information content (AvgIpc) is 2.32. The van der Waals surface area contributed by atoms with Crippen molar-refractivity contribution in [2.24, 2.45) is 0 Å². The maximum absolute atomic E-state index is 5.95. The Bertz CT molecular complexity index is 229. The van der Waals surface area contributed by atoms with Crippen LogP contribution in [0.3, 0.4) is 0 Å². The van der Waals surface area contributed by atoms with Gasteiger partial charge in [-0.15, -0.1) is 11.6 Å². The summed E-state index contributed by atoms with van der Waals surface area (Å²) in [6, 6.07) is 2.07. The molecular weight excluding hydrogens is 190 g/mol. The van der Waals surface area contributed by atoms with Crippen molar-refractivity contribution in [3.8, 4) is 0 Å². The summed E-state index contributed by atoms with van der Waals surface area (Å²) < 4.78 is 4.32. The van der Waals surface area contributed by atoms with Crippen LogP contribution in [0, 0.1) is 0 Å². The second-order valence-electron chi connectivity index (χ2n) is 3.75. The molecule has 0 aliphatic rings. The molecule has 1 atom stereocenters. The van der Waals surface area contributed by atoms with Gasteiger partial charge in [0.25, 0.3) is 0 Å². The predicted molar refractivity (Wildman–Crippen MR) is 55.1 cm³/mol. The van der Waals surface area contributed by atoms with Gasteiger partial charge in [0.15, 0.2) is 0 Å². The van der Waals surface area contributed by atoms with Gasteiger partial charge in [-0.1, -0.05) is 13.8 Å². The van der Waals surface area contributed by atoms with Crippen LogP contribution in [0.5, 0.6) is 0 Å². The Kier molecular flexibility index (Phi) is 3.13. The first-order valence-corrected chi connectivity index (χ1v) is 5.34. The van der Waals surface area contributed by atoms with Crippen LogP contribution >= 0.6 is 23.1 Å². The molecule has 0 aliphatic carbocycles. The van der Waals surface area contributed by atoms with Crippen LogP contribution < -0.4 is 0 Å². The zero-order valence-electron chi connectivity index (χ0n) is 7.67. The monoisotopic (exact) mass is 203 g/mol. The zero-order chi connectivity index (χ0) is 9.19. The van der Waals surface area contributed by atoms with Crippen LogP contribution in [0.15, 0.2) is 11.4 Å². The number of aromatic nitrogens is 1. The highest BCUT2D eigenvalue weighted by molar-refractivity contribution is 7.03. The van der Waals surface area contributed by atoms with Gasteiger partial charge in [-0.2, -0.15) is 4.37 Å². The third kappa shape index (κ3) is 2.46. The summed E-state index contributed by atoms with van der Waals surface area (Å²) in [6.07, 6.45) is 0.971. The van der Waals surface area contributed by atoms with E-state index < -0.39 is 0 Å². The third-order valence-electron chi connectivity index (χ3n) is 1.92. The standard InChI is InChI=1S/C9H14ClNS/c1-7(10)6-9(2,3)8-4-5-12-11-8/h4-5,7H,6H2,1-3H3. The topological polar surface area (TPSA) is 12.9 Å². The molecule has 0 saturated heterocycles. The van der Waals surface area contributed by atoms with Crippen molar-refractivity contribution in [1.82, 2.24) is 4.37 Å². The minimum Gasteiger partial charge on any atom is -0.197 e. The van der Waals surface area contributed by atoms with Gasteiger partial charge in [0.1, 0.15) is 0 Å². The van der Waals surface area contributed by atoms with E-state index in [-0.39, 0.29) is 10.8 Å². The Morgan fingerprint density at radius 3 is 2.75 bits per heavy atom.